The van der Waals surface area contributed by atoms with Crippen molar-refractivity contribution in [3.05, 3.63) is 59.1 Å². The summed E-state index contributed by atoms with van der Waals surface area (Å²) in [4.78, 5) is 7.97. The smallest absolute Gasteiger partial charge is 0.145 e. The Morgan fingerprint density at radius 2 is 2.00 bits per heavy atom. The molecule has 0 radical (unpaired) electrons. The van der Waals surface area contributed by atoms with Crippen LogP contribution in [0, 0.1) is 11.6 Å². The Hall–Kier alpha value is -2.01. The molecule has 0 N–H and O–H groups in total. The Morgan fingerprint density at radius 3 is 2.84 bits per heavy atom. The second-order valence-electron chi connectivity index (χ2n) is 4.08. The molecule has 0 atom stereocenters. The predicted octanol–water partition coefficient (Wildman–Crippen LogP) is 3.41. The maximum Gasteiger partial charge on any atom is 0.145 e. The molecule has 96 valence electrons. The molecule has 3 rings (SSSR count). The lowest BCUT2D eigenvalue weighted by Crippen LogP contribution is -2.02. The summed E-state index contributed by atoms with van der Waals surface area (Å²) in [5.74, 6) is -0.927. The zero-order chi connectivity index (χ0) is 13.4. The van der Waals surface area contributed by atoms with E-state index in [0.717, 1.165) is 12.1 Å². The van der Waals surface area contributed by atoms with E-state index in [9.17, 15) is 8.78 Å². The first-order chi connectivity index (χ1) is 9.15. The van der Waals surface area contributed by atoms with Gasteiger partial charge in [0.25, 0.3) is 0 Å². The summed E-state index contributed by atoms with van der Waals surface area (Å²) < 4.78 is 28.4. The average Bonchev–Trinajstić information content (AvgIpc) is 2.79. The number of rotatable bonds is 2. The van der Waals surface area contributed by atoms with Gasteiger partial charge in [-0.1, -0.05) is 11.6 Å². The molecule has 19 heavy (non-hydrogen) atoms. The van der Waals surface area contributed by atoms with Crippen molar-refractivity contribution in [2.75, 3.05) is 0 Å². The van der Waals surface area contributed by atoms with Crippen LogP contribution >= 0.6 is 11.6 Å². The Labute approximate surface area is 112 Å². The minimum Gasteiger partial charge on any atom is -0.328 e. The first kappa shape index (κ1) is 12.0. The minimum atomic E-state index is -0.472. The highest BCUT2D eigenvalue weighted by Crippen LogP contribution is 2.21. The van der Waals surface area contributed by atoms with E-state index in [1.165, 1.54) is 12.4 Å². The maximum atomic E-state index is 13.6. The van der Waals surface area contributed by atoms with E-state index in [0.29, 0.717) is 16.2 Å². The number of fused-ring (bicyclic) bond motifs is 1. The molecule has 0 bridgehead atoms. The number of hydrogen-bond acceptors (Lipinski definition) is 2. The van der Waals surface area contributed by atoms with Crippen LogP contribution in [0.1, 0.15) is 5.56 Å². The fourth-order valence-electron chi connectivity index (χ4n) is 1.95. The van der Waals surface area contributed by atoms with Crippen LogP contribution in [0.5, 0.6) is 0 Å². The molecule has 1 aromatic carbocycles. The quantitative estimate of drug-likeness (QED) is 0.673. The van der Waals surface area contributed by atoms with Crippen molar-refractivity contribution in [3.63, 3.8) is 0 Å². The molecule has 2 aromatic heterocycles. The monoisotopic (exact) mass is 279 g/mol. The predicted molar refractivity (Wildman–Crippen MR) is 68.0 cm³/mol. The van der Waals surface area contributed by atoms with Crippen LogP contribution in [0.3, 0.4) is 0 Å². The molecule has 0 saturated carbocycles. The van der Waals surface area contributed by atoms with Gasteiger partial charge in [0.1, 0.15) is 28.8 Å². The summed E-state index contributed by atoms with van der Waals surface area (Å²) >= 11 is 5.93. The van der Waals surface area contributed by atoms with Crippen LogP contribution in [0.4, 0.5) is 8.78 Å². The van der Waals surface area contributed by atoms with Crippen molar-refractivity contribution in [2.24, 2.45) is 0 Å². The van der Waals surface area contributed by atoms with E-state index in [1.54, 1.807) is 16.8 Å². The second kappa shape index (κ2) is 4.59. The van der Waals surface area contributed by atoms with Crippen molar-refractivity contribution in [3.8, 4) is 0 Å². The molecule has 0 unspecified atom stereocenters. The van der Waals surface area contributed by atoms with Crippen molar-refractivity contribution in [1.29, 1.82) is 0 Å². The molecule has 0 fully saturated rings. The van der Waals surface area contributed by atoms with Crippen LogP contribution < -0.4 is 0 Å². The fourth-order valence-corrected chi connectivity index (χ4v) is 2.14. The van der Waals surface area contributed by atoms with Gasteiger partial charge < -0.3 is 4.57 Å². The highest BCUT2D eigenvalue weighted by Gasteiger charge is 2.09. The molecule has 0 saturated heterocycles. The van der Waals surface area contributed by atoms with Crippen LogP contribution in [0.2, 0.25) is 5.15 Å². The molecule has 6 heteroatoms. The van der Waals surface area contributed by atoms with E-state index in [4.69, 9.17) is 11.6 Å². The number of benzene rings is 1. The molecule has 0 spiro atoms. The third-order valence-corrected chi connectivity index (χ3v) is 3.16. The van der Waals surface area contributed by atoms with Crippen molar-refractivity contribution >= 4 is 22.6 Å². The first-order valence-electron chi connectivity index (χ1n) is 5.54. The van der Waals surface area contributed by atoms with Gasteiger partial charge in [0.05, 0.1) is 11.9 Å². The van der Waals surface area contributed by atoms with Crippen LogP contribution in [0.25, 0.3) is 11.0 Å². The second-order valence-corrected chi connectivity index (χ2v) is 4.44. The van der Waals surface area contributed by atoms with Crippen molar-refractivity contribution in [2.45, 2.75) is 6.54 Å². The highest BCUT2D eigenvalue weighted by atomic mass is 35.5. The molecule has 3 aromatic rings. The summed E-state index contributed by atoms with van der Waals surface area (Å²) in [5.41, 5.74) is 0.843. The highest BCUT2D eigenvalue weighted by molar-refractivity contribution is 6.33. The van der Waals surface area contributed by atoms with E-state index < -0.39 is 11.6 Å². The molecular weight excluding hydrogens is 272 g/mol. The zero-order valence-corrected chi connectivity index (χ0v) is 10.4. The van der Waals surface area contributed by atoms with E-state index >= 15 is 0 Å². The van der Waals surface area contributed by atoms with Gasteiger partial charge in [-0.25, -0.2) is 18.7 Å². The van der Waals surface area contributed by atoms with Gasteiger partial charge in [0.15, 0.2) is 0 Å². The Bertz CT molecular complexity index is 755. The van der Waals surface area contributed by atoms with Crippen LogP contribution in [-0.2, 0) is 6.54 Å². The fraction of sp³-hybridized carbons (Fsp3) is 0.0769. The maximum absolute atomic E-state index is 13.6. The molecule has 0 amide bonds. The van der Waals surface area contributed by atoms with Crippen LogP contribution in [-0.4, -0.2) is 14.5 Å². The number of halogens is 3. The van der Waals surface area contributed by atoms with E-state index in [-0.39, 0.29) is 12.1 Å². The summed E-state index contributed by atoms with van der Waals surface area (Å²) in [6, 6.07) is 5.11. The topological polar surface area (TPSA) is 30.7 Å². The molecule has 0 aliphatic rings. The molecule has 0 aliphatic heterocycles. The van der Waals surface area contributed by atoms with Gasteiger partial charge >= 0.3 is 0 Å². The van der Waals surface area contributed by atoms with Gasteiger partial charge in [-0.15, -0.1) is 0 Å². The van der Waals surface area contributed by atoms with Gasteiger partial charge in [0, 0.05) is 11.8 Å². The van der Waals surface area contributed by atoms with Gasteiger partial charge in [-0.3, -0.25) is 0 Å². The van der Waals surface area contributed by atoms with Gasteiger partial charge in [-0.2, -0.15) is 0 Å². The summed E-state index contributed by atoms with van der Waals surface area (Å²) in [5, 5.41) is 1.02. The molecule has 2 heterocycles. The summed E-state index contributed by atoms with van der Waals surface area (Å²) in [6.45, 7) is 0.181. The van der Waals surface area contributed by atoms with Gasteiger partial charge in [-0.05, 0) is 24.3 Å². The van der Waals surface area contributed by atoms with E-state index in [2.05, 4.69) is 9.97 Å². The molecular formula is C13H8ClF2N3. The third-order valence-electron chi connectivity index (χ3n) is 2.86. The standard InChI is InChI=1S/C13H8ClF2N3/c14-12-10-3-4-19(13(10)18-7-17-12)6-8-5-9(15)1-2-11(8)16/h1-5,7H,6H2. The average molecular weight is 280 g/mol. The normalized spacial score (nSPS) is 11.1. The van der Waals surface area contributed by atoms with Crippen LogP contribution in [0.15, 0.2) is 36.8 Å². The summed E-state index contributed by atoms with van der Waals surface area (Å²) in [7, 11) is 0. The minimum absolute atomic E-state index is 0.181. The molecule has 0 aliphatic carbocycles. The lowest BCUT2D eigenvalue weighted by atomic mass is 10.2. The number of aromatic nitrogens is 3. The van der Waals surface area contributed by atoms with Gasteiger partial charge in [0.2, 0.25) is 0 Å². The lowest BCUT2D eigenvalue weighted by Gasteiger charge is -2.06. The largest absolute Gasteiger partial charge is 0.328 e. The SMILES string of the molecule is Fc1ccc(F)c(Cn2ccc3c(Cl)ncnc32)c1. The third kappa shape index (κ3) is 2.17. The Kier molecular flexibility index (Phi) is 2.91. The Balaban J connectivity index is 2.06. The lowest BCUT2D eigenvalue weighted by molar-refractivity contribution is 0.578. The zero-order valence-electron chi connectivity index (χ0n) is 9.65. The van der Waals surface area contributed by atoms with Crippen molar-refractivity contribution < 1.29 is 8.78 Å². The number of hydrogen-bond donors (Lipinski definition) is 0. The van der Waals surface area contributed by atoms with E-state index in [1.807, 2.05) is 0 Å². The molecule has 3 nitrogen and oxygen atoms in total. The summed E-state index contributed by atoms with van der Waals surface area (Å²) in [6.07, 6.45) is 3.05. The first-order valence-corrected chi connectivity index (χ1v) is 5.92. The van der Waals surface area contributed by atoms with Crippen molar-refractivity contribution in [1.82, 2.24) is 14.5 Å². The Morgan fingerprint density at radius 1 is 1.16 bits per heavy atom. The number of nitrogens with zero attached hydrogens (tertiary/aromatic N) is 3.